The Kier molecular flexibility index (Phi) is 5.55. The monoisotopic (exact) mass is 437 g/mol. The van der Waals surface area contributed by atoms with Crippen LogP contribution in [-0.4, -0.2) is 35.3 Å². The average molecular weight is 437 g/mol. The number of benzene rings is 3. The molecule has 6 nitrogen and oxygen atoms in total. The molecule has 0 radical (unpaired) electrons. The summed E-state index contributed by atoms with van der Waals surface area (Å²) in [6.07, 6.45) is 3.16. The van der Waals surface area contributed by atoms with Crippen molar-refractivity contribution in [1.82, 2.24) is 10.3 Å². The Morgan fingerprint density at radius 3 is 2.76 bits per heavy atom. The first-order valence-electron chi connectivity index (χ1n) is 10.9. The first kappa shape index (κ1) is 20.8. The number of nitrogens with one attached hydrogen (secondary N) is 2. The lowest BCUT2D eigenvalue weighted by Crippen LogP contribution is -2.39. The number of aliphatic hydroxyl groups excluding tert-OH is 1. The minimum Gasteiger partial charge on any atom is -0.492 e. The number of aromatic amines is 1. The summed E-state index contributed by atoms with van der Waals surface area (Å²) in [5.74, 6) is 0.330. The zero-order valence-electron chi connectivity index (χ0n) is 18.0. The molecule has 0 aliphatic carbocycles. The van der Waals surface area contributed by atoms with Gasteiger partial charge in [-0.15, -0.1) is 0 Å². The van der Waals surface area contributed by atoms with E-state index >= 15 is 0 Å². The van der Waals surface area contributed by atoms with Crippen LogP contribution in [0.1, 0.15) is 27.0 Å². The highest BCUT2D eigenvalue weighted by atomic mass is 16.5. The van der Waals surface area contributed by atoms with Gasteiger partial charge in [-0.25, -0.2) is 0 Å². The van der Waals surface area contributed by atoms with Crippen molar-refractivity contribution < 1.29 is 14.6 Å². The third-order valence-corrected chi connectivity index (χ3v) is 6.07. The van der Waals surface area contributed by atoms with Gasteiger partial charge < -0.3 is 20.1 Å². The Hall–Kier alpha value is -4.08. The molecule has 1 aromatic heterocycles. The molecule has 0 unspecified atom stereocenters. The van der Waals surface area contributed by atoms with Crippen LogP contribution >= 0.6 is 0 Å². The van der Waals surface area contributed by atoms with Crippen molar-refractivity contribution in [3.63, 3.8) is 0 Å². The van der Waals surface area contributed by atoms with Gasteiger partial charge in [-0.05, 0) is 59.0 Å². The zero-order valence-corrected chi connectivity index (χ0v) is 18.0. The van der Waals surface area contributed by atoms with Crippen LogP contribution in [0.4, 0.5) is 0 Å². The Morgan fingerprint density at radius 1 is 1.15 bits per heavy atom. The summed E-state index contributed by atoms with van der Waals surface area (Å²) in [5, 5.41) is 23.1. The molecule has 6 heteroatoms. The second-order valence-electron chi connectivity index (χ2n) is 8.22. The fourth-order valence-corrected chi connectivity index (χ4v) is 4.37. The second-order valence-corrected chi connectivity index (χ2v) is 8.22. The minimum atomic E-state index is -0.438. The first-order valence-corrected chi connectivity index (χ1v) is 10.9. The van der Waals surface area contributed by atoms with Crippen molar-refractivity contribution in [1.29, 1.82) is 5.26 Å². The quantitative estimate of drug-likeness (QED) is 0.425. The van der Waals surface area contributed by atoms with E-state index in [9.17, 15) is 9.90 Å². The highest BCUT2D eigenvalue weighted by Crippen LogP contribution is 2.35. The van der Waals surface area contributed by atoms with Gasteiger partial charge >= 0.3 is 0 Å². The highest BCUT2D eigenvalue weighted by molar-refractivity contribution is 5.99. The topological polar surface area (TPSA) is 98.1 Å². The van der Waals surface area contributed by atoms with Gasteiger partial charge in [0.15, 0.2) is 0 Å². The van der Waals surface area contributed by atoms with Crippen molar-refractivity contribution in [3.05, 3.63) is 89.1 Å². The second kappa shape index (κ2) is 8.81. The molecule has 5 rings (SSSR count). The smallest absolute Gasteiger partial charge is 0.255 e. The SMILES string of the molecule is N#Cc1ccc(-c2cc3c(c(C(=O)N[C@@H](CO)Cc4c[nH]c5ccccc45)c2)OCC3)cc1. The van der Waals surface area contributed by atoms with Crippen molar-refractivity contribution in [2.45, 2.75) is 18.9 Å². The molecule has 33 heavy (non-hydrogen) atoms. The maximum Gasteiger partial charge on any atom is 0.255 e. The lowest BCUT2D eigenvalue weighted by atomic mass is 9.97. The molecule has 1 aliphatic heterocycles. The van der Waals surface area contributed by atoms with E-state index in [4.69, 9.17) is 10.00 Å². The van der Waals surface area contributed by atoms with Gasteiger partial charge in [-0.2, -0.15) is 5.26 Å². The van der Waals surface area contributed by atoms with Crippen molar-refractivity contribution >= 4 is 16.8 Å². The van der Waals surface area contributed by atoms with Crippen LogP contribution in [0.2, 0.25) is 0 Å². The molecule has 0 saturated carbocycles. The fourth-order valence-electron chi connectivity index (χ4n) is 4.37. The van der Waals surface area contributed by atoms with Crippen LogP contribution in [0.25, 0.3) is 22.0 Å². The van der Waals surface area contributed by atoms with Crippen molar-refractivity contribution in [2.75, 3.05) is 13.2 Å². The molecule has 0 bridgehead atoms. The summed E-state index contributed by atoms with van der Waals surface area (Å²) in [6.45, 7) is 0.356. The standard InChI is InChI=1S/C27H23N3O3/c28-14-17-5-7-18(8-6-17)20-11-19-9-10-33-26(19)24(13-20)27(32)30-22(16-31)12-21-15-29-25-4-2-1-3-23(21)25/h1-8,11,13,15,22,29,31H,9-10,12,16H2,(H,30,32)/t22-/m1/s1. The van der Waals surface area contributed by atoms with E-state index in [2.05, 4.69) is 16.4 Å². The number of H-pyrrole nitrogens is 1. The summed E-state index contributed by atoms with van der Waals surface area (Å²) in [5.41, 5.74) is 5.92. The van der Waals surface area contributed by atoms with E-state index in [1.165, 1.54) is 0 Å². The number of fused-ring (bicyclic) bond motifs is 2. The summed E-state index contributed by atoms with van der Waals surface area (Å²) < 4.78 is 5.79. The van der Waals surface area contributed by atoms with Crippen LogP contribution < -0.4 is 10.1 Å². The van der Waals surface area contributed by atoms with E-state index in [1.54, 1.807) is 12.1 Å². The van der Waals surface area contributed by atoms with Crippen LogP contribution in [0, 0.1) is 11.3 Å². The molecule has 164 valence electrons. The maximum absolute atomic E-state index is 13.3. The highest BCUT2D eigenvalue weighted by Gasteiger charge is 2.24. The largest absolute Gasteiger partial charge is 0.492 e. The Labute approximate surface area is 191 Å². The number of rotatable bonds is 6. The number of aliphatic hydroxyl groups is 1. The van der Waals surface area contributed by atoms with Crippen molar-refractivity contribution in [3.8, 4) is 22.9 Å². The molecule has 4 aromatic rings. The molecule has 3 N–H and O–H groups in total. The van der Waals surface area contributed by atoms with E-state index in [0.29, 0.717) is 29.9 Å². The number of hydrogen-bond acceptors (Lipinski definition) is 4. The number of carbonyl (C=O) groups excluding carboxylic acids is 1. The number of hydrogen-bond donors (Lipinski definition) is 3. The normalized spacial score (nSPS) is 13.2. The lowest BCUT2D eigenvalue weighted by Gasteiger charge is -2.18. The van der Waals surface area contributed by atoms with E-state index in [1.807, 2.05) is 54.7 Å². The molecular weight excluding hydrogens is 414 g/mol. The Morgan fingerprint density at radius 2 is 1.97 bits per heavy atom. The number of nitriles is 1. The number of ether oxygens (including phenoxy) is 1. The number of carbonyl (C=O) groups is 1. The van der Waals surface area contributed by atoms with E-state index < -0.39 is 6.04 Å². The van der Waals surface area contributed by atoms with Gasteiger partial charge in [0.2, 0.25) is 0 Å². The summed E-state index contributed by atoms with van der Waals surface area (Å²) in [4.78, 5) is 16.5. The molecule has 0 fully saturated rings. The molecule has 1 atom stereocenters. The third-order valence-electron chi connectivity index (χ3n) is 6.07. The number of para-hydroxylation sites is 1. The number of nitrogens with zero attached hydrogens (tertiary/aromatic N) is 1. The third kappa shape index (κ3) is 4.07. The van der Waals surface area contributed by atoms with Crippen LogP contribution in [-0.2, 0) is 12.8 Å². The van der Waals surface area contributed by atoms with Crippen molar-refractivity contribution in [2.24, 2.45) is 0 Å². The van der Waals surface area contributed by atoms with Gasteiger partial charge in [0.05, 0.1) is 36.5 Å². The minimum absolute atomic E-state index is 0.177. The summed E-state index contributed by atoms with van der Waals surface area (Å²) in [7, 11) is 0. The number of aromatic nitrogens is 1. The van der Waals surface area contributed by atoms with Crippen LogP contribution in [0.15, 0.2) is 66.9 Å². The predicted molar refractivity (Wildman–Crippen MR) is 126 cm³/mol. The van der Waals surface area contributed by atoms with Gasteiger partial charge in [-0.3, -0.25) is 4.79 Å². The molecule has 3 aromatic carbocycles. The van der Waals surface area contributed by atoms with Gasteiger partial charge in [0.1, 0.15) is 5.75 Å². The van der Waals surface area contributed by atoms with E-state index in [0.717, 1.165) is 39.6 Å². The first-order chi connectivity index (χ1) is 16.2. The fraction of sp³-hybridized carbons (Fsp3) is 0.185. The Balaban J connectivity index is 1.42. The molecule has 2 heterocycles. The van der Waals surface area contributed by atoms with Gasteiger partial charge in [0, 0.05) is 23.5 Å². The molecule has 1 aliphatic rings. The predicted octanol–water partition coefficient (Wildman–Crippen LogP) is 3.97. The van der Waals surface area contributed by atoms with Gasteiger partial charge in [-0.1, -0.05) is 30.3 Å². The van der Waals surface area contributed by atoms with Crippen LogP contribution in [0.3, 0.4) is 0 Å². The van der Waals surface area contributed by atoms with Crippen LogP contribution in [0.5, 0.6) is 5.75 Å². The molecule has 0 saturated heterocycles. The molecule has 0 spiro atoms. The summed E-state index contributed by atoms with van der Waals surface area (Å²) in [6, 6.07) is 20.8. The average Bonchev–Trinajstić information content (AvgIpc) is 3.50. The lowest BCUT2D eigenvalue weighted by molar-refractivity contribution is 0.0913. The molecular formula is C27H23N3O3. The zero-order chi connectivity index (χ0) is 22.8. The van der Waals surface area contributed by atoms with Gasteiger partial charge in [0.25, 0.3) is 5.91 Å². The maximum atomic E-state index is 13.3. The Bertz CT molecular complexity index is 1370. The number of amides is 1. The molecule has 1 amide bonds. The van der Waals surface area contributed by atoms with E-state index in [-0.39, 0.29) is 12.5 Å². The summed E-state index contributed by atoms with van der Waals surface area (Å²) >= 11 is 0.